The zero-order valence-electron chi connectivity index (χ0n) is 9.98. The number of hydrogen-bond donors (Lipinski definition) is 2. The fraction of sp³-hybridized carbons (Fsp3) is 0.214. The van der Waals surface area contributed by atoms with E-state index in [4.69, 9.17) is 5.73 Å². The summed E-state index contributed by atoms with van der Waals surface area (Å²) in [6.45, 7) is 2.90. The molecule has 0 bridgehead atoms. The first-order chi connectivity index (χ1) is 8.24. The molecule has 0 amide bonds. The minimum Gasteiger partial charge on any atom is -0.399 e. The van der Waals surface area contributed by atoms with Gasteiger partial charge in [-0.25, -0.2) is 0 Å². The van der Waals surface area contributed by atoms with Crippen molar-refractivity contribution in [1.29, 1.82) is 0 Å². The van der Waals surface area contributed by atoms with Crippen molar-refractivity contribution in [2.75, 3.05) is 17.6 Å². The Labute approximate surface area is 102 Å². The van der Waals surface area contributed by atoms with Gasteiger partial charge in [-0.3, -0.25) is 4.98 Å². The van der Waals surface area contributed by atoms with Gasteiger partial charge in [0.05, 0.1) is 0 Å². The lowest BCUT2D eigenvalue weighted by Crippen LogP contribution is -2.05. The van der Waals surface area contributed by atoms with E-state index < -0.39 is 0 Å². The van der Waals surface area contributed by atoms with Gasteiger partial charge in [-0.05, 0) is 43.2 Å². The van der Waals surface area contributed by atoms with Crippen LogP contribution in [0.5, 0.6) is 0 Å². The molecule has 3 heteroatoms. The van der Waals surface area contributed by atoms with Crippen molar-refractivity contribution in [3.8, 4) is 0 Å². The number of hydrogen-bond acceptors (Lipinski definition) is 3. The Morgan fingerprint density at radius 1 is 1.18 bits per heavy atom. The summed E-state index contributed by atoms with van der Waals surface area (Å²) in [4.78, 5) is 4.16. The van der Waals surface area contributed by atoms with Crippen LogP contribution in [0.2, 0.25) is 0 Å². The number of pyridine rings is 1. The molecule has 1 aromatic heterocycles. The summed E-state index contributed by atoms with van der Waals surface area (Å²) in [6.07, 6.45) is 2.81. The Hall–Kier alpha value is -2.03. The van der Waals surface area contributed by atoms with E-state index in [2.05, 4.69) is 22.4 Å². The van der Waals surface area contributed by atoms with Gasteiger partial charge in [-0.2, -0.15) is 0 Å². The molecule has 1 heterocycles. The van der Waals surface area contributed by atoms with Gasteiger partial charge in [0.15, 0.2) is 0 Å². The number of nitrogens with two attached hydrogens (primary N) is 1. The minimum atomic E-state index is 0.812. The second kappa shape index (κ2) is 5.34. The van der Waals surface area contributed by atoms with Crippen LogP contribution in [-0.4, -0.2) is 11.5 Å². The molecular formula is C14H17N3. The number of rotatable bonds is 4. The lowest BCUT2D eigenvalue weighted by Gasteiger charge is -2.07. The van der Waals surface area contributed by atoms with E-state index in [1.807, 2.05) is 37.4 Å². The fourth-order valence-corrected chi connectivity index (χ4v) is 1.69. The summed E-state index contributed by atoms with van der Waals surface area (Å²) in [5.74, 6) is 0. The van der Waals surface area contributed by atoms with E-state index in [0.29, 0.717) is 0 Å². The number of benzene rings is 1. The van der Waals surface area contributed by atoms with Crippen molar-refractivity contribution in [3.63, 3.8) is 0 Å². The summed E-state index contributed by atoms with van der Waals surface area (Å²) >= 11 is 0. The number of nitrogens with zero attached hydrogens (tertiary/aromatic N) is 1. The first-order valence-corrected chi connectivity index (χ1v) is 5.75. The molecule has 0 radical (unpaired) electrons. The summed E-state index contributed by atoms with van der Waals surface area (Å²) in [5, 5.41) is 3.38. The molecule has 3 nitrogen and oxygen atoms in total. The number of aryl methyl sites for hydroxylation is 1. The maximum Gasteiger partial charge on any atom is 0.0393 e. The summed E-state index contributed by atoms with van der Waals surface area (Å²) in [7, 11) is 0. The zero-order valence-corrected chi connectivity index (χ0v) is 9.98. The molecule has 0 saturated carbocycles. The van der Waals surface area contributed by atoms with Gasteiger partial charge < -0.3 is 11.1 Å². The Morgan fingerprint density at radius 2 is 1.94 bits per heavy atom. The van der Waals surface area contributed by atoms with E-state index in [1.165, 1.54) is 5.56 Å². The highest BCUT2D eigenvalue weighted by molar-refractivity contribution is 5.43. The maximum absolute atomic E-state index is 5.64. The van der Waals surface area contributed by atoms with Crippen molar-refractivity contribution < 1.29 is 0 Å². The van der Waals surface area contributed by atoms with E-state index in [1.54, 1.807) is 0 Å². The molecule has 2 rings (SSSR count). The van der Waals surface area contributed by atoms with Crippen molar-refractivity contribution in [3.05, 3.63) is 53.9 Å². The minimum absolute atomic E-state index is 0.812. The molecule has 0 aliphatic carbocycles. The van der Waals surface area contributed by atoms with Gasteiger partial charge in [-0.1, -0.05) is 12.1 Å². The van der Waals surface area contributed by atoms with E-state index in [9.17, 15) is 0 Å². The van der Waals surface area contributed by atoms with Gasteiger partial charge in [0.1, 0.15) is 0 Å². The zero-order chi connectivity index (χ0) is 12.1. The monoisotopic (exact) mass is 227 g/mol. The lowest BCUT2D eigenvalue weighted by atomic mass is 10.1. The third-order valence-electron chi connectivity index (χ3n) is 2.62. The Morgan fingerprint density at radius 3 is 2.65 bits per heavy atom. The molecule has 0 fully saturated rings. The molecular weight excluding hydrogens is 210 g/mol. The van der Waals surface area contributed by atoms with Gasteiger partial charge >= 0.3 is 0 Å². The third-order valence-corrected chi connectivity index (χ3v) is 2.62. The lowest BCUT2D eigenvalue weighted by molar-refractivity contribution is 1.02. The van der Waals surface area contributed by atoms with Crippen LogP contribution < -0.4 is 11.1 Å². The standard InChI is InChI=1S/C14H17N3/c1-11-10-14(7-9-16-11)17-8-6-12-2-4-13(15)5-3-12/h2-5,7,9-10H,6,8,15H2,1H3,(H,16,17). The first-order valence-electron chi connectivity index (χ1n) is 5.75. The molecule has 17 heavy (non-hydrogen) atoms. The summed E-state index contributed by atoms with van der Waals surface area (Å²) in [6, 6.07) is 12.0. The Balaban J connectivity index is 1.85. The van der Waals surface area contributed by atoms with Crippen LogP contribution in [-0.2, 0) is 6.42 Å². The summed E-state index contributed by atoms with van der Waals surface area (Å²) < 4.78 is 0. The molecule has 88 valence electrons. The van der Waals surface area contributed by atoms with Crippen LogP contribution in [0.1, 0.15) is 11.3 Å². The first kappa shape index (κ1) is 11.5. The number of aromatic nitrogens is 1. The normalized spacial score (nSPS) is 10.2. The molecule has 0 atom stereocenters. The quantitative estimate of drug-likeness (QED) is 0.789. The molecule has 0 unspecified atom stereocenters. The van der Waals surface area contributed by atoms with Crippen LogP contribution in [0.25, 0.3) is 0 Å². The predicted octanol–water partition coefficient (Wildman–Crippen LogP) is 2.63. The molecule has 0 saturated heterocycles. The van der Waals surface area contributed by atoms with Crippen LogP contribution >= 0.6 is 0 Å². The van der Waals surface area contributed by atoms with Crippen molar-refractivity contribution in [2.45, 2.75) is 13.3 Å². The molecule has 2 aromatic rings. The molecule has 0 aliphatic rings. The van der Waals surface area contributed by atoms with Gasteiger partial charge in [-0.15, -0.1) is 0 Å². The van der Waals surface area contributed by atoms with E-state index in [-0.39, 0.29) is 0 Å². The number of nitrogen functional groups attached to an aromatic ring is 1. The van der Waals surface area contributed by atoms with Crippen LogP contribution in [0.4, 0.5) is 11.4 Å². The highest BCUT2D eigenvalue weighted by Crippen LogP contribution is 2.09. The van der Waals surface area contributed by atoms with Gasteiger partial charge in [0.2, 0.25) is 0 Å². The number of nitrogens with one attached hydrogen (secondary N) is 1. The average Bonchev–Trinajstić information content (AvgIpc) is 2.32. The largest absolute Gasteiger partial charge is 0.399 e. The third kappa shape index (κ3) is 3.48. The molecule has 0 aliphatic heterocycles. The van der Waals surface area contributed by atoms with Crippen molar-refractivity contribution >= 4 is 11.4 Å². The van der Waals surface area contributed by atoms with Crippen LogP contribution in [0.3, 0.4) is 0 Å². The highest BCUT2D eigenvalue weighted by Gasteiger charge is 1.95. The van der Waals surface area contributed by atoms with Crippen LogP contribution in [0, 0.1) is 6.92 Å². The fourth-order valence-electron chi connectivity index (χ4n) is 1.69. The van der Waals surface area contributed by atoms with Crippen LogP contribution in [0.15, 0.2) is 42.6 Å². The number of anilines is 2. The van der Waals surface area contributed by atoms with Gasteiger partial charge in [0.25, 0.3) is 0 Å². The second-order valence-electron chi connectivity index (χ2n) is 4.10. The van der Waals surface area contributed by atoms with Crippen molar-refractivity contribution in [1.82, 2.24) is 4.98 Å². The summed E-state index contributed by atoms with van der Waals surface area (Å²) in [5.41, 5.74) is 9.89. The predicted molar refractivity (Wildman–Crippen MR) is 72.0 cm³/mol. The molecule has 3 N–H and O–H groups in total. The highest BCUT2D eigenvalue weighted by atomic mass is 14.9. The van der Waals surface area contributed by atoms with Gasteiger partial charge in [0, 0.05) is 29.8 Å². The maximum atomic E-state index is 5.64. The Bertz CT molecular complexity index is 477. The van der Waals surface area contributed by atoms with Crippen molar-refractivity contribution in [2.24, 2.45) is 0 Å². The van der Waals surface area contributed by atoms with E-state index >= 15 is 0 Å². The topological polar surface area (TPSA) is 50.9 Å². The SMILES string of the molecule is Cc1cc(NCCc2ccc(N)cc2)ccn1. The Kier molecular flexibility index (Phi) is 3.60. The molecule has 0 spiro atoms. The average molecular weight is 227 g/mol. The second-order valence-corrected chi connectivity index (χ2v) is 4.10. The van der Waals surface area contributed by atoms with E-state index in [0.717, 1.165) is 30.0 Å². The smallest absolute Gasteiger partial charge is 0.0393 e. The molecule has 1 aromatic carbocycles.